The van der Waals surface area contributed by atoms with Gasteiger partial charge in [-0.3, -0.25) is 0 Å². The fourth-order valence-corrected chi connectivity index (χ4v) is 1.10. The van der Waals surface area contributed by atoms with Gasteiger partial charge in [0.05, 0.1) is 0 Å². The summed E-state index contributed by atoms with van der Waals surface area (Å²) >= 11 is 5.74. The number of aromatic nitrogens is 2. The van der Waals surface area contributed by atoms with Crippen LogP contribution in [0.15, 0.2) is 11.3 Å². The maximum absolute atomic E-state index is 5.74. The van der Waals surface area contributed by atoms with Gasteiger partial charge in [0.15, 0.2) is 5.82 Å². The molecule has 0 aliphatic carbocycles. The van der Waals surface area contributed by atoms with Crippen LogP contribution in [-0.2, 0) is 6.42 Å². The molecule has 0 fully saturated rings. The van der Waals surface area contributed by atoms with Crippen molar-refractivity contribution in [1.29, 1.82) is 0 Å². The molecule has 51 valence electrons. The number of hydrogen-bond donors (Lipinski definition) is 0. The Labute approximate surface area is 112 Å². The Kier molecular flexibility index (Phi) is 3.61. The first-order valence-corrected chi connectivity index (χ1v) is 3.27. The van der Waals surface area contributed by atoms with Crippen molar-refractivity contribution >= 4 is 75.0 Å². The number of nitrogens with zero attached hydrogens (tertiary/aromatic N) is 3. The van der Waals surface area contributed by atoms with Gasteiger partial charge in [-0.05, 0) is 0 Å². The summed E-state index contributed by atoms with van der Waals surface area (Å²) in [5.41, 5.74) is 0.934. The van der Waals surface area contributed by atoms with Crippen molar-refractivity contribution in [2.45, 2.75) is 6.42 Å². The summed E-state index contributed by atoms with van der Waals surface area (Å²) in [6.07, 6.45) is 3.96. The summed E-state index contributed by atoms with van der Waals surface area (Å²) in [6.45, 7) is 0. The van der Waals surface area contributed by atoms with Gasteiger partial charge < -0.3 is 0 Å². The van der Waals surface area contributed by atoms with Crippen molar-refractivity contribution in [3.63, 3.8) is 0 Å². The summed E-state index contributed by atoms with van der Waals surface area (Å²) in [7, 11) is 0. The molecular formula is C6H4ClKN3. The van der Waals surface area contributed by atoms with E-state index in [1.807, 2.05) is 0 Å². The topological polar surface area (TPSA) is 38.1 Å². The van der Waals surface area contributed by atoms with E-state index >= 15 is 0 Å². The molecule has 1 aromatic rings. The standard InChI is InChI=1S/C6H4ClN3.K/c7-5-4-1-2-8-6(4)10-3-9-5;/h2-3H,1H2;. The Morgan fingerprint density at radius 3 is 2.91 bits per heavy atom. The van der Waals surface area contributed by atoms with Crippen molar-refractivity contribution in [3.05, 3.63) is 17.0 Å². The molecule has 0 saturated heterocycles. The molecule has 3 nitrogen and oxygen atoms in total. The maximum atomic E-state index is 5.74. The second-order valence-corrected chi connectivity index (χ2v) is 2.34. The van der Waals surface area contributed by atoms with Crippen LogP contribution in [0.3, 0.4) is 0 Å². The Bertz CT molecular complexity index is 300. The van der Waals surface area contributed by atoms with Crippen LogP contribution >= 0.6 is 11.6 Å². The van der Waals surface area contributed by atoms with Gasteiger partial charge in [-0.15, -0.1) is 0 Å². The van der Waals surface area contributed by atoms with E-state index in [0.717, 1.165) is 12.0 Å². The zero-order valence-electron chi connectivity index (χ0n) is 6.08. The van der Waals surface area contributed by atoms with Crippen molar-refractivity contribution in [3.8, 4) is 0 Å². The Balaban J connectivity index is 0.000000605. The smallest absolute Gasteiger partial charge is 0.159 e. The average molecular weight is 193 g/mol. The molecule has 2 rings (SSSR count). The van der Waals surface area contributed by atoms with Crippen LogP contribution in [-0.4, -0.2) is 67.6 Å². The van der Waals surface area contributed by atoms with Gasteiger partial charge in [-0.25, -0.2) is 15.0 Å². The SMILES string of the molecule is Clc1ncnc2c1CC=N2.[K]. The van der Waals surface area contributed by atoms with Crippen LogP contribution < -0.4 is 0 Å². The predicted molar refractivity (Wildman–Crippen MR) is 44.7 cm³/mol. The average Bonchev–Trinajstić information content (AvgIpc) is 2.36. The molecule has 0 N–H and O–H groups in total. The molecule has 0 saturated carbocycles. The third-order valence-corrected chi connectivity index (χ3v) is 1.70. The van der Waals surface area contributed by atoms with Crippen molar-refractivity contribution in [2.75, 3.05) is 0 Å². The van der Waals surface area contributed by atoms with Crippen molar-refractivity contribution < 1.29 is 0 Å². The van der Waals surface area contributed by atoms with Crippen LogP contribution in [0.5, 0.6) is 0 Å². The quantitative estimate of drug-likeness (QED) is 0.455. The van der Waals surface area contributed by atoms with Gasteiger partial charge in [0.2, 0.25) is 0 Å². The summed E-state index contributed by atoms with van der Waals surface area (Å²) < 4.78 is 0. The molecule has 0 aromatic carbocycles. The molecule has 0 bridgehead atoms. The molecule has 0 atom stereocenters. The maximum Gasteiger partial charge on any atom is 0.159 e. The van der Waals surface area contributed by atoms with Crippen LogP contribution in [0.25, 0.3) is 0 Å². The monoisotopic (exact) mass is 192 g/mol. The zero-order chi connectivity index (χ0) is 6.97. The van der Waals surface area contributed by atoms with Gasteiger partial charge in [0, 0.05) is 69.6 Å². The summed E-state index contributed by atoms with van der Waals surface area (Å²) in [4.78, 5) is 11.8. The molecule has 1 radical (unpaired) electrons. The fraction of sp³-hybridized carbons (Fsp3) is 0.167. The van der Waals surface area contributed by atoms with Crippen LogP contribution in [0, 0.1) is 0 Å². The molecule has 1 aliphatic heterocycles. The molecular weight excluding hydrogens is 189 g/mol. The first-order valence-electron chi connectivity index (χ1n) is 2.90. The minimum Gasteiger partial charge on any atom is -0.241 e. The third-order valence-electron chi connectivity index (χ3n) is 1.38. The number of rotatable bonds is 0. The minimum atomic E-state index is 0. The third kappa shape index (κ3) is 1.88. The Morgan fingerprint density at radius 2 is 2.18 bits per heavy atom. The molecule has 2 heterocycles. The summed E-state index contributed by atoms with van der Waals surface area (Å²) in [5.74, 6) is 0.708. The first-order chi connectivity index (χ1) is 4.88. The normalized spacial score (nSPS) is 12.5. The molecule has 1 aromatic heterocycles. The second kappa shape index (κ2) is 4.07. The molecule has 1 aliphatic rings. The van der Waals surface area contributed by atoms with Gasteiger partial charge >= 0.3 is 0 Å². The van der Waals surface area contributed by atoms with E-state index in [1.165, 1.54) is 6.33 Å². The number of fused-ring (bicyclic) bond motifs is 1. The molecule has 0 unspecified atom stereocenters. The number of halogens is 1. The molecule has 0 spiro atoms. The Hall–Kier alpha value is 0.676. The number of hydrogen-bond acceptors (Lipinski definition) is 3. The fourth-order valence-electron chi connectivity index (χ4n) is 0.892. The van der Waals surface area contributed by atoms with Gasteiger partial charge in [-0.2, -0.15) is 0 Å². The van der Waals surface area contributed by atoms with E-state index in [2.05, 4.69) is 15.0 Å². The van der Waals surface area contributed by atoms with Gasteiger partial charge in [0.25, 0.3) is 0 Å². The van der Waals surface area contributed by atoms with E-state index in [0.29, 0.717) is 11.0 Å². The van der Waals surface area contributed by atoms with Crippen LogP contribution in [0.4, 0.5) is 5.82 Å². The van der Waals surface area contributed by atoms with Gasteiger partial charge in [-0.1, -0.05) is 11.6 Å². The summed E-state index contributed by atoms with van der Waals surface area (Å²) in [5, 5.41) is 0.516. The summed E-state index contributed by atoms with van der Waals surface area (Å²) in [6, 6.07) is 0. The predicted octanol–water partition coefficient (Wildman–Crippen LogP) is 1.01. The molecule has 0 amide bonds. The first kappa shape index (κ1) is 9.76. The van der Waals surface area contributed by atoms with E-state index in [4.69, 9.17) is 11.6 Å². The van der Waals surface area contributed by atoms with Crippen molar-refractivity contribution in [2.24, 2.45) is 4.99 Å². The van der Waals surface area contributed by atoms with E-state index < -0.39 is 0 Å². The second-order valence-electron chi connectivity index (χ2n) is 1.98. The van der Waals surface area contributed by atoms with Crippen LogP contribution in [0.1, 0.15) is 5.56 Å². The van der Waals surface area contributed by atoms with E-state index in [-0.39, 0.29) is 51.4 Å². The minimum absolute atomic E-state index is 0. The molecule has 11 heavy (non-hydrogen) atoms. The largest absolute Gasteiger partial charge is 0.241 e. The van der Waals surface area contributed by atoms with E-state index in [9.17, 15) is 0 Å². The van der Waals surface area contributed by atoms with Crippen molar-refractivity contribution in [1.82, 2.24) is 9.97 Å². The zero-order valence-corrected chi connectivity index (χ0v) is 9.96. The van der Waals surface area contributed by atoms with E-state index in [1.54, 1.807) is 6.21 Å². The number of aliphatic imine (C=N–C) groups is 1. The van der Waals surface area contributed by atoms with Gasteiger partial charge in [0.1, 0.15) is 11.5 Å². The molecule has 5 heteroatoms. The Morgan fingerprint density at radius 1 is 1.36 bits per heavy atom. The van der Waals surface area contributed by atoms with Crippen LogP contribution in [0.2, 0.25) is 5.15 Å².